The predicted octanol–water partition coefficient (Wildman–Crippen LogP) is 1.49. The van der Waals surface area contributed by atoms with Crippen molar-refractivity contribution in [3.63, 3.8) is 0 Å². The smallest absolute Gasteiger partial charge is 0.137 e. The molecule has 0 bridgehead atoms. The standard InChI is InChI=1S/C18H27NO3/c1-5-6-16-11-17(20-4)7-8-18(16)21-10-9-19-12-14(2)22-15(3)13-19/h5,7-8,11,14-15H,1,6,9-10,12-13H2,2-4H3/p+1/t14-,15-/m1/s1. The zero-order valence-corrected chi connectivity index (χ0v) is 13.9. The fourth-order valence-electron chi connectivity index (χ4n) is 3.04. The van der Waals surface area contributed by atoms with E-state index in [2.05, 4.69) is 20.4 Å². The minimum atomic E-state index is 0.330. The largest absolute Gasteiger partial charge is 0.497 e. The van der Waals surface area contributed by atoms with E-state index in [0.29, 0.717) is 18.8 Å². The Balaban J connectivity index is 1.89. The molecule has 22 heavy (non-hydrogen) atoms. The van der Waals surface area contributed by atoms with Gasteiger partial charge < -0.3 is 19.1 Å². The van der Waals surface area contributed by atoms with Crippen LogP contribution >= 0.6 is 0 Å². The Bertz CT molecular complexity index is 479. The average molecular weight is 306 g/mol. The van der Waals surface area contributed by atoms with Crippen molar-refractivity contribution in [1.29, 1.82) is 0 Å². The molecule has 0 unspecified atom stereocenters. The molecular weight excluding hydrogens is 278 g/mol. The van der Waals surface area contributed by atoms with Gasteiger partial charge in [0.25, 0.3) is 0 Å². The average Bonchev–Trinajstić information content (AvgIpc) is 2.48. The fraction of sp³-hybridized carbons (Fsp3) is 0.556. The second-order valence-electron chi connectivity index (χ2n) is 5.98. The van der Waals surface area contributed by atoms with Crippen molar-refractivity contribution in [2.45, 2.75) is 32.5 Å². The molecule has 1 N–H and O–H groups in total. The van der Waals surface area contributed by atoms with Crippen LogP contribution in [-0.2, 0) is 11.2 Å². The molecule has 1 saturated heterocycles. The highest BCUT2D eigenvalue weighted by Gasteiger charge is 2.25. The number of morpholine rings is 1. The predicted molar refractivity (Wildman–Crippen MR) is 88.0 cm³/mol. The Morgan fingerprint density at radius 2 is 2.05 bits per heavy atom. The SMILES string of the molecule is C=CCc1cc(OC)ccc1OCC[NH+]1C[C@@H](C)O[C@H](C)C1. The van der Waals surface area contributed by atoms with Crippen LogP contribution in [0.1, 0.15) is 19.4 Å². The van der Waals surface area contributed by atoms with E-state index in [1.54, 1.807) is 12.0 Å². The van der Waals surface area contributed by atoms with Gasteiger partial charge in [0.1, 0.15) is 49.9 Å². The molecule has 0 spiro atoms. The van der Waals surface area contributed by atoms with Gasteiger partial charge in [-0.1, -0.05) is 6.08 Å². The Kier molecular flexibility index (Phi) is 6.28. The van der Waals surface area contributed by atoms with Gasteiger partial charge in [0.2, 0.25) is 0 Å². The summed E-state index contributed by atoms with van der Waals surface area (Å²) in [6.45, 7) is 11.9. The quantitative estimate of drug-likeness (QED) is 0.775. The molecule has 0 aromatic heterocycles. The molecule has 1 aromatic carbocycles. The first-order valence-corrected chi connectivity index (χ1v) is 8.02. The lowest BCUT2D eigenvalue weighted by Gasteiger charge is -2.32. The van der Waals surface area contributed by atoms with E-state index in [9.17, 15) is 0 Å². The van der Waals surface area contributed by atoms with Crippen LogP contribution in [0.3, 0.4) is 0 Å². The maximum Gasteiger partial charge on any atom is 0.137 e. The molecule has 1 aromatic rings. The second kappa shape index (κ2) is 8.20. The molecule has 1 heterocycles. The lowest BCUT2D eigenvalue weighted by atomic mass is 10.1. The van der Waals surface area contributed by atoms with Crippen LogP contribution in [0.2, 0.25) is 0 Å². The first-order chi connectivity index (χ1) is 10.6. The summed E-state index contributed by atoms with van der Waals surface area (Å²) in [6, 6.07) is 5.94. The summed E-state index contributed by atoms with van der Waals surface area (Å²) in [5, 5.41) is 0. The van der Waals surface area contributed by atoms with E-state index in [4.69, 9.17) is 14.2 Å². The van der Waals surface area contributed by atoms with Crippen LogP contribution in [0.5, 0.6) is 11.5 Å². The summed E-state index contributed by atoms with van der Waals surface area (Å²) in [4.78, 5) is 1.55. The summed E-state index contributed by atoms with van der Waals surface area (Å²) in [7, 11) is 1.68. The van der Waals surface area contributed by atoms with Crippen molar-refractivity contribution >= 4 is 0 Å². The minimum absolute atomic E-state index is 0.330. The highest BCUT2D eigenvalue weighted by atomic mass is 16.5. The van der Waals surface area contributed by atoms with Crippen molar-refractivity contribution in [3.8, 4) is 11.5 Å². The van der Waals surface area contributed by atoms with E-state index in [0.717, 1.165) is 43.1 Å². The molecule has 1 fully saturated rings. The van der Waals surface area contributed by atoms with Crippen LogP contribution in [0.4, 0.5) is 0 Å². The normalized spacial score (nSPS) is 24.8. The van der Waals surface area contributed by atoms with Gasteiger partial charge in [-0.05, 0) is 38.5 Å². The monoisotopic (exact) mass is 306 g/mol. The highest BCUT2D eigenvalue weighted by Crippen LogP contribution is 2.24. The van der Waals surface area contributed by atoms with Gasteiger partial charge >= 0.3 is 0 Å². The van der Waals surface area contributed by atoms with Crippen molar-refractivity contribution < 1.29 is 19.1 Å². The Hall–Kier alpha value is -1.52. The van der Waals surface area contributed by atoms with Gasteiger partial charge in [-0.25, -0.2) is 0 Å². The first kappa shape index (κ1) is 16.8. The molecule has 4 heteroatoms. The number of allylic oxidation sites excluding steroid dienone is 1. The van der Waals surface area contributed by atoms with Gasteiger partial charge in [0.15, 0.2) is 0 Å². The van der Waals surface area contributed by atoms with Crippen molar-refractivity contribution in [2.75, 3.05) is 33.4 Å². The summed E-state index contributed by atoms with van der Waals surface area (Å²) >= 11 is 0. The lowest BCUT2D eigenvalue weighted by Crippen LogP contribution is -3.16. The van der Waals surface area contributed by atoms with E-state index >= 15 is 0 Å². The third kappa shape index (κ3) is 4.75. The van der Waals surface area contributed by atoms with Gasteiger partial charge in [-0.3, -0.25) is 0 Å². The first-order valence-electron chi connectivity index (χ1n) is 8.02. The molecule has 122 valence electrons. The van der Waals surface area contributed by atoms with E-state index in [-0.39, 0.29) is 0 Å². The van der Waals surface area contributed by atoms with Crippen LogP contribution < -0.4 is 14.4 Å². The maximum absolute atomic E-state index is 6.00. The molecular formula is C18H28NO3+. The number of nitrogens with one attached hydrogen (secondary N) is 1. The maximum atomic E-state index is 6.00. The Labute approximate surface area is 133 Å². The highest BCUT2D eigenvalue weighted by molar-refractivity contribution is 5.41. The number of hydrogen-bond acceptors (Lipinski definition) is 3. The molecule has 2 rings (SSSR count). The number of methoxy groups -OCH3 is 1. The van der Waals surface area contributed by atoms with Crippen molar-refractivity contribution in [1.82, 2.24) is 0 Å². The van der Waals surface area contributed by atoms with Crippen molar-refractivity contribution in [2.24, 2.45) is 0 Å². The third-order valence-electron chi connectivity index (χ3n) is 3.96. The summed E-state index contributed by atoms with van der Waals surface area (Å²) < 4.78 is 17.0. The van der Waals surface area contributed by atoms with Crippen LogP contribution in [0, 0.1) is 0 Å². The summed E-state index contributed by atoms with van der Waals surface area (Å²) in [5.41, 5.74) is 1.12. The molecule has 1 aliphatic heterocycles. The van der Waals surface area contributed by atoms with E-state index in [1.807, 2.05) is 24.3 Å². The Morgan fingerprint density at radius 1 is 1.32 bits per heavy atom. The third-order valence-corrected chi connectivity index (χ3v) is 3.96. The number of rotatable bonds is 7. The van der Waals surface area contributed by atoms with Gasteiger partial charge in [-0.2, -0.15) is 0 Å². The molecule has 0 radical (unpaired) electrons. The Morgan fingerprint density at radius 3 is 2.68 bits per heavy atom. The zero-order chi connectivity index (χ0) is 15.9. The number of ether oxygens (including phenoxy) is 3. The lowest BCUT2D eigenvalue weighted by molar-refractivity contribution is -0.915. The van der Waals surface area contributed by atoms with Crippen LogP contribution in [0.15, 0.2) is 30.9 Å². The minimum Gasteiger partial charge on any atom is -0.497 e. The number of quaternary nitrogens is 1. The molecule has 0 saturated carbocycles. The van der Waals surface area contributed by atoms with Crippen LogP contribution in [0.25, 0.3) is 0 Å². The van der Waals surface area contributed by atoms with E-state index in [1.165, 1.54) is 0 Å². The van der Waals surface area contributed by atoms with Crippen molar-refractivity contribution in [3.05, 3.63) is 36.4 Å². The van der Waals surface area contributed by atoms with Gasteiger partial charge in [0.05, 0.1) is 7.11 Å². The molecule has 2 atom stereocenters. The molecule has 0 aliphatic carbocycles. The van der Waals surface area contributed by atoms with Gasteiger partial charge in [0, 0.05) is 5.56 Å². The number of hydrogen-bond donors (Lipinski definition) is 1. The second-order valence-corrected chi connectivity index (χ2v) is 5.98. The van der Waals surface area contributed by atoms with Gasteiger partial charge in [-0.15, -0.1) is 6.58 Å². The molecule has 1 aliphatic rings. The number of benzene rings is 1. The summed E-state index contributed by atoms with van der Waals surface area (Å²) in [5.74, 6) is 1.78. The fourth-order valence-corrected chi connectivity index (χ4v) is 3.04. The molecule has 4 nitrogen and oxygen atoms in total. The van der Waals surface area contributed by atoms with E-state index < -0.39 is 0 Å². The zero-order valence-electron chi connectivity index (χ0n) is 13.9. The summed E-state index contributed by atoms with van der Waals surface area (Å²) in [6.07, 6.45) is 3.33. The topological polar surface area (TPSA) is 32.1 Å². The van der Waals surface area contributed by atoms with Crippen LogP contribution in [-0.4, -0.2) is 45.6 Å². The molecule has 0 amide bonds.